The summed E-state index contributed by atoms with van der Waals surface area (Å²) in [4.78, 5) is 13.7. The molecular formula is C14H27NO2. The van der Waals surface area contributed by atoms with Gasteiger partial charge in [-0.1, -0.05) is 40.0 Å². The van der Waals surface area contributed by atoms with Crippen molar-refractivity contribution in [2.24, 2.45) is 10.8 Å². The molecule has 1 rings (SSSR count). The van der Waals surface area contributed by atoms with Crippen LogP contribution in [0.5, 0.6) is 0 Å². The molecule has 0 aliphatic heterocycles. The molecule has 0 aromatic carbocycles. The van der Waals surface area contributed by atoms with Crippen LogP contribution in [0, 0.1) is 10.8 Å². The fourth-order valence-electron chi connectivity index (χ4n) is 3.05. The van der Waals surface area contributed by atoms with E-state index >= 15 is 0 Å². The highest BCUT2D eigenvalue weighted by atomic mass is 16.4. The third kappa shape index (κ3) is 4.30. The average Bonchev–Trinajstić information content (AvgIpc) is 2.15. The van der Waals surface area contributed by atoms with E-state index in [0.717, 1.165) is 32.2 Å². The molecule has 3 nitrogen and oxygen atoms in total. The van der Waals surface area contributed by atoms with Gasteiger partial charge in [-0.2, -0.15) is 0 Å². The van der Waals surface area contributed by atoms with Crippen LogP contribution < -0.4 is 0 Å². The van der Waals surface area contributed by atoms with E-state index in [9.17, 15) is 9.90 Å². The van der Waals surface area contributed by atoms with Crippen LogP contribution in [0.15, 0.2) is 0 Å². The molecule has 0 unspecified atom stereocenters. The highest BCUT2D eigenvalue weighted by Crippen LogP contribution is 2.37. The number of carbonyl (C=O) groups is 1. The molecule has 0 aromatic rings. The minimum Gasteiger partial charge on any atom is -0.481 e. The molecule has 17 heavy (non-hydrogen) atoms. The van der Waals surface area contributed by atoms with Gasteiger partial charge in [-0.25, -0.2) is 0 Å². The molecule has 0 radical (unpaired) electrons. The first kappa shape index (κ1) is 14.5. The van der Waals surface area contributed by atoms with Crippen molar-refractivity contribution in [3.63, 3.8) is 0 Å². The van der Waals surface area contributed by atoms with Crippen LogP contribution in [0.2, 0.25) is 0 Å². The van der Waals surface area contributed by atoms with Crippen molar-refractivity contribution in [3.8, 4) is 0 Å². The lowest BCUT2D eigenvalue weighted by molar-refractivity contribution is -0.152. The number of hydrogen-bond donors (Lipinski definition) is 1. The molecule has 0 heterocycles. The van der Waals surface area contributed by atoms with Gasteiger partial charge in [-0.05, 0) is 25.3 Å². The Morgan fingerprint density at radius 2 is 1.76 bits per heavy atom. The lowest BCUT2D eigenvalue weighted by Gasteiger charge is -2.38. The second kappa shape index (κ2) is 5.38. The van der Waals surface area contributed by atoms with Crippen molar-refractivity contribution >= 4 is 5.97 Å². The summed E-state index contributed by atoms with van der Waals surface area (Å²) in [5.41, 5.74) is -0.263. The lowest BCUT2D eigenvalue weighted by atomic mass is 9.73. The largest absolute Gasteiger partial charge is 0.481 e. The standard InChI is InChI=1S/C14H27NO2/c1-13(2,3)10-15(4)11-14(12(16)17)8-6-5-7-9-14/h5-11H2,1-4H3,(H,16,17). The minimum atomic E-state index is -0.599. The Labute approximate surface area is 105 Å². The zero-order valence-electron chi connectivity index (χ0n) is 11.8. The maximum atomic E-state index is 11.6. The van der Waals surface area contributed by atoms with Gasteiger partial charge in [0.15, 0.2) is 0 Å². The zero-order valence-corrected chi connectivity index (χ0v) is 11.8. The molecule has 1 saturated carbocycles. The first-order chi connectivity index (χ1) is 7.75. The molecule has 1 N–H and O–H groups in total. The average molecular weight is 241 g/mol. The summed E-state index contributed by atoms with van der Waals surface area (Å²) in [6.07, 6.45) is 5.01. The van der Waals surface area contributed by atoms with Crippen molar-refractivity contribution in [1.29, 1.82) is 0 Å². The summed E-state index contributed by atoms with van der Waals surface area (Å²) in [6.45, 7) is 8.22. The maximum Gasteiger partial charge on any atom is 0.310 e. The zero-order chi connectivity index (χ0) is 13.1. The number of hydrogen-bond acceptors (Lipinski definition) is 2. The predicted octanol–water partition coefficient (Wildman–Crippen LogP) is 3.00. The van der Waals surface area contributed by atoms with E-state index in [2.05, 4.69) is 25.7 Å². The van der Waals surface area contributed by atoms with E-state index in [0.29, 0.717) is 6.54 Å². The molecule has 100 valence electrons. The van der Waals surface area contributed by atoms with Gasteiger partial charge in [-0.3, -0.25) is 4.79 Å². The summed E-state index contributed by atoms with van der Waals surface area (Å²) < 4.78 is 0. The summed E-state index contributed by atoms with van der Waals surface area (Å²) in [5.74, 6) is -0.599. The summed E-state index contributed by atoms with van der Waals surface area (Å²) in [6, 6.07) is 0. The van der Waals surface area contributed by atoms with Gasteiger partial charge in [0.05, 0.1) is 5.41 Å². The lowest BCUT2D eigenvalue weighted by Crippen LogP contribution is -2.45. The maximum absolute atomic E-state index is 11.6. The van der Waals surface area contributed by atoms with E-state index in [1.807, 2.05) is 7.05 Å². The third-order valence-corrected chi connectivity index (χ3v) is 3.58. The van der Waals surface area contributed by atoms with Gasteiger partial charge in [-0.15, -0.1) is 0 Å². The molecule has 3 heteroatoms. The van der Waals surface area contributed by atoms with Crippen molar-refractivity contribution < 1.29 is 9.90 Å². The molecule has 0 atom stereocenters. The Bertz CT molecular complexity index is 262. The summed E-state index contributed by atoms with van der Waals surface area (Å²) in [5, 5.41) is 9.51. The van der Waals surface area contributed by atoms with Gasteiger partial charge < -0.3 is 10.0 Å². The second-order valence-electron chi connectivity index (χ2n) is 6.88. The van der Waals surface area contributed by atoms with Crippen LogP contribution in [0.4, 0.5) is 0 Å². The van der Waals surface area contributed by atoms with Gasteiger partial charge in [0.2, 0.25) is 0 Å². The highest BCUT2D eigenvalue weighted by Gasteiger charge is 2.40. The van der Waals surface area contributed by atoms with Crippen molar-refractivity contribution in [2.75, 3.05) is 20.1 Å². The number of nitrogens with zero attached hydrogens (tertiary/aromatic N) is 1. The number of rotatable bonds is 4. The van der Waals surface area contributed by atoms with Crippen molar-refractivity contribution in [3.05, 3.63) is 0 Å². The number of carboxylic acid groups (broad SMARTS) is 1. The molecule has 0 amide bonds. The molecule has 1 fully saturated rings. The van der Waals surface area contributed by atoms with Crippen LogP contribution in [0.3, 0.4) is 0 Å². The Balaban J connectivity index is 2.64. The van der Waals surface area contributed by atoms with Crippen molar-refractivity contribution in [1.82, 2.24) is 4.90 Å². The molecule has 0 saturated heterocycles. The third-order valence-electron chi connectivity index (χ3n) is 3.58. The van der Waals surface area contributed by atoms with Crippen LogP contribution in [0.25, 0.3) is 0 Å². The van der Waals surface area contributed by atoms with Gasteiger partial charge in [0.25, 0.3) is 0 Å². The van der Waals surface area contributed by atoms with Crippen LogP contribution in [0.1, 0.15) is 52.9 Å². The SMILES string of the molecule is CN(CC(C)(C)C)CC1(C(=O)O)CCCCC1. The molecular weight excluding hydrogens is 214 g/mol. The fraction of sp³-hybridized carbons (Fsp3) is 0.929. The quantitative estimate of drug-likeness (QED) is 0.822. The van der Waals surface area contributed by atoms with E-state index in [1.54, 1.807) is 0 Å². The smallest absolute Gasteiger partial charge is 0.310 e. The monoisotopic (exact) mass is 241 g/mol. The van der Waals surface area contributed by atoms with E-state index in [1.165, 1.54) is 6.42 Å². The van der Waals surface area contributed by atoms with Crippen LogP contribution in [-0.2, 0) is 4.79 Å². The molecule has 0 bridgehead atoms. The minimum absolute atomic E-state index is 0.225. The molecule has 1 aliphatic rings. The topological polar surface area (TPSA) is 40.5 Å². The number of carboxylic acids is 1. The molecule has 0 aromatic heterocycles. The normalized spacial score (nSPS) is 20.5. The number of aliphatic carboxylic acids is 1. The van der Waals surface area contributed by atoms with Crippen LogP contribution in [-0.4, -0.2) is 36.1 Å². The molecule has 1 aliphatic carbocycles. The summed E-state index contributed by atoms with van der Waals surface area (Å²) in [7, 11) is 2.05. The van der Waals surface area contributed by atoms with Gasteiger partial charge in [0.1, 0.15) is 0 Å². The first-order valence-corrected chi connectivity index (χ1v) is 6.67. The predicted molar refractivity (Wildman–Crippen MR) is 70.1 cm³/mol. The first-order valence-electron chi connectivity index (χ1n) is 6.67. The van der Waals surface area contributed by atoms with E-state index in [-0.39, 0.29) is 5.41 Å². The Morgan fingerprint density at radius 3 is 2.18 bits per heavy atom. The van der Waals surface area contributed by atoms with Gasteiger partial charge >= 0.3 is 5.97 Å². The second-order valence-corrected chi connectivity index (χ2v) is 6.88. The molecule has 0 spiro atoms. The Kier molecular flexibility index (Phi) is 4.59. The fourth-order valence-corrected chi connectivity index (χ4v) is 3.05. The highest BCUT2D eigenvalue weighted by molar-refractivity contribution is 5.75. The van der Waals surface area contributed by atoms with Gasteiger partial charge in [0, 0.05) is 13.1 Å². The van der Waals surface area contributed by atoms with E-state index < -0.39 is 11.4 Å². The van der Waals surface area contributed by atoms with Crippen molar-refractivity contribution in [2.45, 2.75) is 52.9 Å². The van der Waals surface area contributed by atoms with Crippen LogP contribution >= 0.6 is 0 Å². The Hall–Kier alpha value is -0.570. The summed E-state index contributed by atoms with van der Waals surface area (Å²) >= 11 is 0. The van der Waals surface area contributed by atoms with E-state index in [4.69, 9.17) is 0 Å². The Morgan fingerprint density at radius 1 is 1.24 bits per heavy atom.